The van der Waals surface area contributed by atoms with Gasteiger partial charge in [0.1, 0.15) is 0 Å². The van der Waals surface area contributed by atoms with Gasteiger partial charge in [0.2, 0.25) is 0 Å². The zero-order chi connectivity index (χ0) is 6.98. The second-order valence-corrected chi connectivity index (χ2v) is 4.40. The number of carbonyl (C=O) groups is 1. The molecular weight excluding hydrogens is 148 g/mol. The van der Waals surface area contributed by atoms with E-state index >= 15 is 0 Å². The molecule has 1 atom stereocenters. The molecule has 0 bridgehead atoms. The number of Topliss-reactive ketones (excluding diaryl/α,β-unsaturated/α-hetero) is 1. The second kappa shape index (κ2) is 1.18. The molecule has 1 unspecified atom stereocenters. The van der Waals surface area contributed by atoms with E-state index in [1.807, 2.05) is 0 Å². The van der Waals surface area contributed by atoms with Gasteiger partial charge in [0.25, 0.3) is 0 Å². The summed E-state index contributed by atoms with van der Waals surface area (Å²) in [6.07, 6.45) is 4.70. The van der Waals surface area contributed by atoms with Crippen molar-refractivity contribution in [1.82, 2.24) is 0 Å². The lowest BCUT2D eigenvalue weighted by atomic mass is 9.65. The van der Waals surface area contributed by atoms with Gasteiger partial charge in [-0.3, -0.25) is 4.79 Å². The van der Waals surface area contributed by atoms with Crippen LogP contribution in [0.25, 0.3) is 0 Å². The fourth-order valence-corrected chi connectivity index (χ4v) is 3.28. The fourth-order valence-electron chi connectivity index (χ4n) is 2.64. The Morgan fingerprint density at radius 2 is 1.90 bits per heavy atom. The van der Waals surface area contributed by atoms with Crippen LogP contribution in [0.4, 0.5) is 0 Å². The maximum Gasteiger partial charge on any atom is 0.158 e. The van der Waals surface area contributed by atoms with Crippen molar-refractivity contribution in [3.63, 3.8) is 0 Å². The molecule has 0 aliphatic heterocycles. The molecule has 2 heteroatoms. The maximum atomic E-state index is 11.3. The third kappa shape index (κ3) is 0.315. The zero-order valence-electron chi connectivity index (χ0n) is 5.69. The van der Waals surface area contributed by atoms with Crippen molar-refractivity contribution >= 4 is 17.4 Å². The molecule has 0 radical (unpaired) electrons. The highest BCUT2D eigenvalue weighted by Crippen LogP contribution is 2.80. The summed E-state index contributed by atoms with van der Waals surface area (Å²) in [5, 5.41) is -0.102. The standard InChI is InChI=1S/C8H9ClO/c9-5-6(10)8(3-4-8)7(5)1-2-7/h5H,1-4H2. The van der Waals surface area contributed by atoms with Crippen LogP contribution in [0.5, 0.6) is 0 Å². The first-order valence-corrected chi connectivity index (χ1v) is 4.35. The Morgan fingerprint density at radius 1 is 1.30 bits per heavy atom. The van der Waals surface area contributed by atoms with Gasteiger partial charge in [0, 0.05) is 10.8 Å². The number of rotatable bonds is 0. The normalized spacial score (nSPS) is 43.7. The molecule has 0 aromatic heterocycles. The summed E-state index contributed by atoms with van der Waals surface area (Å²) in [7, 11) is 0. The van der Waals surface area contributed by atoms with Gasteiger partial charge in [0.15, 0.2) is 5.78 Å². The minimum Gasteiger partial charge on any atom is -0.297 e. The summed E-state index contributed by atoms with van der Waals surface area (Å²) in [5.41, 5.74) is 0.463. The van der Waals surface area contributed by atoms with Gasteiger partial charge in [-0.2, -0.15) is 0 Å². The molecule has 10 heavy (non-hydrogen) atoms. The highest BCUT2D eigenvalue weighted by molar-refractivity contribution is 6.36. The van der Waals surface area contributed by atoms with Crippen LogP contribution in [-0.2, 0) is 4.79 Å². The van der Waals surface area contributed by atoms with Crippen molar-refractivity contribution in [3.05, 3.63) is 0 Å². The van der Waals surface area contributed by atoms with Gasteiger partial charge in [-0.25, -0.2) is 0 Å². The Bertz CT molecular complexity index is 225. The molecule has 0 N–H and O–H groups in total. The number of alkyl halides is 1. The van der Waals surface area contributed by atoms with Crippen LogP contribution in [0.3, 0.4) is 0 Å². The average molecular weight is 157 g/mol. The molecule has 1 nitrogen and oxygen atoms in total. The molecule has 3 saturated carbocycles. The topological polar surface area (TPSA) is 17.1 Å². The van der Waals surface area contributed by atoms with Gasteiger partial charge in [0.05, 0.1) is 5.38 Å². The molecule has 0 aromatic carbocycles. The van der Waals surface area contributed by atoms with E-state index in [4.69, 9.17) is 11.6 Å². The van der Waals surface area contributed by atoms with Crippen LogP contribution >= 0.6 is 11.6 Å². The van der Waals surface area contributed by atoms with Crippen molar-refractivity contribution in [1.29, 1.82) is 0 Å². The highest BCUT2D eigenvalue weighted by Gasteiger charge is 2.81. The zero-order valence-corrected chi connectivity index (χ0v) is 6.45. The summed E-state index contributed by atoms with van der Waals surface area (Å²) in [6.45, 7) is 0. The fraction of sp³-hybridized carbons (Fsp3) is 0.875. The first-order valence-electron chi connectivity index (χ1n) is 3.91. The van der Waals surface area contributed by atoms with E-state index in [2.05, 4.69) is 0 Å². The maximum absolute atomic E-state index is 11.3. The van der Waals surface area contributed by atoms with E-state index in [0.717, 1.165) is 12.8 Å². The lowest BCUT2D eigenvalue weighted by Gasteiger charge is -2.41. The Balaban J connectivity index is 2.05. The van der Waals surface area contributed by atoms with Crippen LogP contribution < -0.4 is 0 Å². The average Bonchev–Trinajstić information content (AvgIpc) is 2.74. The molecule has 3 aliphatic rings. The molecule has 0 heterocycles. The monoisotopic (exact) mass is 156 g/mol. The van der Waals surface area contributed by atoms with Gasteiger partial charge in [-0.15, -0.1) is 11.6 Å². The first kappa shape index (κ1) is 5.59. The predicted molar refractivity (Wildman–Crippen MR) is 38.0 cm³/mol. The van der Waals surface area contributed by atoms with Crippen LogP contribution in [0.2, 0.25) is 0 Å². The van der Waals surface area contributed by atoms with E-state index < -0.39 is 0 Å². The quantitative estimate of drug-likeness (QED) is 0.489. The number of ketones is 1. The lowest BCUT2D eigenvalue weighted by Crippen LogP contribution is -2.52. The number of halogens is 1. The number of hydrogen-bond donors (Lipinski definition) is 0. The van der Waals surface area contributed by atoms with Gasteiger partial charge < -0.3 is 0 Å². The Labute approximate surface area is 64.7 Å². The van der Waals surface area contributed by atoms with Crippen LogP contribution in [0, 0.1) is 10.8 Å². The number of hydrogen-bond acceptors (Lipinski definition) is 1. The van der Waals surface area contributed by atoms with Crippen LogP contribution in [-0.4, -0.2) is 11.2 Å². The molecule has 0 amide bonds. The molecule has 3 fully saturated rings. The lowest BCUT2D eigenvalue weighted by molar-refractivity contribution is -0.137. The van der Waals surface area contributed by atoms with Crippen molar-refractivity contribution in [2.45, 2.75) is 31.1 Å². The van der Waals surface area contributed by atoms with E-state index in [1.165, 1.54) is 12.8 Å². The Hall–Kier alpha value is -0.0400. The predicted octanol–water partition coefficient (Wildman–Crippen LogP) is 1.74. The molecule has 0 saturated heterocycles. The second-order valence-electron chi connectivity index (χ2n) is 3.97. The minimum absolute atomic E-state index is 0.102. The summed E-state index contributed by atoms with van der Waals surface area (Å²) in [5.74, 6) is 0.353. The van der Waals surface area contributed by atoms with Gasteiger partial charge in [-0.05, 0) is 25.7 Å². The SMILES string of the molecule is O=C1C(Cl)C2(CC2)C12CC2. The summed E-state index contributed by atoms with van der Waals surface area (Å²) >= 11 is 5.93. The number of fused-ring (bicyclic) bond motifs is 1. The van der Waals surface area contributed by atoms with Crippen LogP contribution in [0.15, 0.2) is 0 Å². The van der Waals surface area contributed by atoms with Crippen LogP contribution in [0.1, 0.15) is 25.7 Å². The van der Waals surface area contributed by atoms with Crippen molar-refractivity contribution in [2.24, 2.45) is 10.8 Å². The van der Waals surface area contributed by atoms with E-state index in [9.17, 15) is 4.79 Å². The van der Waals surface area contributed by atoms with Crippen molar-refractivity contribution < 1.29 is 4.79 Å². The molecule has 3 rings (SSSR count). The summed E-state index contributed by atoms with van der Waals surface area (Å²) in [6, 6.07) is 0. The van der Waals surface area contributed by atoms with Crippen molar-refractivity contribution in [3.8, 4) is 0 Å². The minimum atomic E-state index is -0.102. The first-order chi connectivity index (χ1) is 4.73. The molecular formula is C8H9ClO. The highest BCUT2D eigenvalue weighted by atomic mass is 35.5. The summed E-state index contributed by atoms with van der Waals surface area (Å²) < 4.78 is 0. The molecule has 3 aliphatic carbocycles. The van der Waals surface area contributed by atoms with E-state index in [1.54, 1.807) is 0 Å². The molecule has 54 valence electrons. The number of carbonyl (C=O) groups excluding carboxylic acids is 1. The smallest absolute Gasteiger partial charge is 0.158 e. The third-order valence-corrected chi connectivity index (χ3v) is 4.29. The van der Waals surface area contributed by atoms with Gasteiger partial charge >= 0.3 is 0 Å². The third-order valence-electron chi connectivity index (χ3n) is 3.68. The van der Waals surface area contributed by atoms with E-state index in [-0.39, 0.29) is 10.8 Å². The molecule has 2 spiro atoms. The van der Waals surface area contributed by atoms with E-state index in [0.29, 0.717) is 11.2 Å². The van der Waals surface area contributed by atoms with Crippen molar-refractivity contribution in [2.75, 3.05) is 0 Å². The Morgan fingerprint density at radius 3 is 2.20 bits per heavy atom. The molecule has 0 aromatic rings. The van der Waals surface area contributed by atoms with Gasteiger partial charge in [-0.1, -0.05) is 0 Å². The largest absolute Gasteiger partial charge is 0.297 e. The Kier molecular flexibility index (Phi) is 0.658. The summed E-state index contributed by atoms with van der Waals surface area (Å²) in [4.78, 5) is 11.3.